The Morgan fingerprint density at radius 1 is 1.29 bits per heavy atom. The van der Waals surface area contributed by atoms with Gasteiger partial charge in [-0.05, 0) is 45.7 Å². The third kappa shape index (κ3) is 4.43. The second kappa shape index (κ2) is 7.59. The molecule has 2 rings (SSSR count). The number of ether oxygens (including phenoxy) is 1. The summed E-state index contributed by atoms with van der Waals surface area (Å²) in [6.45, 7) is 7.36. The molecule has 0 bridgehead atoms. The number of halogens is 1. The monoisotopic (exact) mass is 311 g/mol. The zero-order valence-corrected chi connectivity index (χ0v) is 13.8. The molecule has 1 unspecified atom stereocenters. The summed E-state index contributed by atoms with van der Waals surface area (Å²) < 4.78 is 6.05. The average Bonchev–Trinajstić information content (AvgIpc) is 2.46. The van der Waals surface area contributed by atoms with Crippen molar-refractivity contribution in [2.45, 2.75) is 44.8 Å². The van der Waals surface area contributed by atoms with E-state index in [-0.39, 0.29) is 18.2 Å². The van der Waals surface area contributed by atoms with Crippen molar-refractivity contribution in [1.29, 1.82) is 0 Å². The van der Waals surface area contributed by atoms with Gasteiger partial charge in [-0.1, -0.05) is 29.8 Å². The third-order valence-electron chi connectivity index (χ3n) is 4.22. The minimum absolute atomic E-state index is 0.0459. The fraction of sp³-hybridized carbons (Fsp3) is 0.647. The lowest BCUT2D eigenvalue weighted by Gasteiger charge is -2.45. The van der Waals surface area contributed by atoms with Gasteiger partial charge in [0.25, 0.3) is 0 Å². The van der Waals surface area contributed by atoms with Crippen LogP contribution in [0.2, 0.25) is 5.02 Å². The summed E-state index contributed by atoms with van der Waals surface area (Å²) in [5.74, 6) is 0. The quantitative estimate of drug-likeness (QED) is 0.814. The molecule has 1 aromatic rings. The number of aliphatic hydroxyl groups excluding tert-OH is 1. The molecule has 0 aromatic heterocycles. The average molecular weight is 312 g/mol. The Bertz CT molecular complexity index is 450. The number of nitrogens with zero attached hydrogens (tertiary/aromatic N) is 1. The van der Waals surface area contributed by atoms with Gasteiger partial charge in [-0.25, -0.2) is 0 Å². The molecule has 21 heavy (non-hydrogen) atoms. The molecule has 4 heteroatoms. The van der Waals surface area contributed by atoms with Crippen LogP contribution >= 0.6 is 11.6 Å². The molecule has 1 atom stereocenters. The first-order valence-electron chi connectivity index (χ1n) is 7.76. The number of benzene rings is 1. The van der Waals surface area contributed by atoms with Crippen LogP contribution in [0, 0.1) is 0 Å². The highest BCUT2D eigenvalue weighted by Crippen LogP contribution is 2.33. The summed E-state index contributed by atoms with van der Waals surface area (Å²) in [6, 6.07) is 7.93. The maximum Gasteiger partial charge on any atom is 0.0967 e. The van der Waals surface area contributed by atoms with Crippen LogP contribution in [0.3, 0.4) is 0 Å². The Kier molecular flexibility index (Phi) is 6.06. The predicted molar refractivity (Wildman–Crippen MR) is 86.7 cm³/mol. The van der Waals surface area contributed by atoms with Gasteiger partial charge < -0.3 is 9.84 Å². The molecule has 0 aliphatic carbocycles. The van der Waals surface area contributed by atoms with Crippen LogP contribution in [0.4, 0.5) is 0 Å². The van der Waals surface area contributed by atoms with E-state index in [0.29, 0.717) is 6.61 Å². The van der Waals surface area contributed by atoms with Gasteiger partial charge in [0.2, 0.25) is 0 Å². The zero-order chi connectivity index (χ0) is 15.3. The fourth-order valence-electron chi connectivity index (χ4n) is 2.81. The summed E-state index contributed by atoms with van der Waals surface area (Å²) in [7, 11) is 0. The van der Waals surface area contributed by atoms with E-state index in [1.54, 1.807) is 0 Å². The van der Waals surface area contributed by atoms with Gasteiger partial charge in [0.1, 0.15) is 0 Å². The second-order valence-electron chi connectivity index (χ2n) is 6.36. The highest BCUT2D eigenvalue weighted by molar-refractivity contribution is 6.31. The fourth-order valence-corrected chi connectivity index (χ4v) is 3.06. The van der Waals surface area contributed by atoms with Gasteiger partial charge >= 0.3 is 0 Å². The zero-order valence-electron chi connectivity index (χ0n) is 13.0. The normalized spacial score (nSPS) is 22.4. The van der Waals surface area contributed by atoms with Crippen molar-refractivity contribution >= 4 is 11.6 Å². The smallest absolute Gasteiger partial charge is 0.0967 e. The van der Waals surface area contributed by atoms with Crippen LogP contribution in [-0.4, -0.2) is 41.8 Å². The molecular weight excluding hydrogens is 286 g/mol. The minimum atomic E-state index is 0.0459. The number of hydrogen-bond acceptors (Lipinski definition) is 3. The first-order valence-corrected chi connectivity index (χ1v) is 8.14. The molecule has 1 aliphatic rings. The van der Waals surface area contributed by atoms with Gasteiger partial charge in [0.05, 0.1) is 12.7 Å². The standard InChI is InChI=1S/C17H26ClNO2/c1-17(2)13-21-16(14-8-4-5-9-15(14)18)12-19(17)10-6-3-7-11-20/h4-5,8-9,16,20H,3,6-7,10-13H2,1-2H3. The number of hydrogen-bond donors (Lipinski definition) is 1. The van der Waals surface area contributed by atoms with Crippen LogP contribution in [-0.2, 0) is 4.74 Å². The summed E-state index contributed by atoms with van der Waals surface area (Å²) in [5.41, 5.74) is 1.13. The molecule has 0 spiro atoms. The Hall–Kier alpha value is -0.610. The molecule has 1 fully saturated rings. The summed E-state index contributed by atoms with van der Waals surface area (Å²) in [6.07, 6.45) is 3.11. The maximum absolute atomic E-state index is 8.88. The first kappa shape index (κ1) is 16.8. The van der Waals surface area contributed by atoms with Gasteiger partial charge in [0.15, 0.2) is 0 Å². The molecule has 0 saturated carbocycles. The molecule has 1 aromatic carbocycles. The van der Waals surface area contributed by atoms with E-state index in [2.05, 4.69) is 24.8 Å². The molecule has 1 N–H and O–H groups in total. The number of aliphatic hydroxyl groups is 1. The number of rotatable bonds is 6. The van der Waals surface area contributed by atoms with E-state index in [9.17, 15) is 0 Å². The van der Waals surface area contributed by atoms with Crippen molar-refractivity contribution in [2.24, 2.45) is 0 Å². The van der Waals surface area contributed by atoms with E-state index >= 15 is 0 Å². The summed E-state index contributed by atoms with van der Waals surface area (Å²) in [4.78, 5) is 2.49. The van der Waals surface area contributed by atoms with Crippen LogP contribution in [0.1, 0.15) is 44.8 Å². The topological polar surface area (TPSA) is 32.7 Å². The Labute approximate surface area is 132 Å². The summed E-state index contributed by atoms with van der Waals surface area (Å²) >= 11 is 6.30. The highest BCUT2D eigenvalue weighted by Gasteiger charge is 2.35. The lowest BCUT2D eigenvalue weighted by atomic mass is 9.97. The van der Waals surface area contributed by atoms with Crippen molar-refractivity contribution in [3.63, 3.8) is 0 Å². The SMILES string of the molecule is CC1(C)COC(c2ccccc2Cl)CN1CCCCCO. The second-order valence-corrected chi connectivity index (χ2v) is 6.77. The third-order valence-corrected chi connectivity index (χ3v) is 4.56. The van der Waals surface area contributed by atoms with E-state index in [1.807, 2.05) is 18.2 Å². The van der Waals surface area contributed by atoms with Crippen molar-refractivity contribution in [3.05, 3.63) is 34.9 Å². The summed E-state index contributed by atoms with van der Waals surface area (Å²) in [5, 5.41) is 9.66. The highest BCUT2D eigenvalue weighted by atomic mass is 35.5. The maximum atomic E-state index is 8.88. The van der Waals surface area contributed by atoms with E-state index in [1.165, 1.54) is 0 Å². The largest absolute Gasteiger partial charge is 0.396 e. The Balaban J connectivity index is 2.00. The molecule has 3 nitrogen and oxygen atoms in total. The molecule has 1 saturated heterocycles. The van der Waals surface area contributed by atoms with E-state index < -0.39 is 0 Å². The molecule has 118 valence electrons. The van der Waals surface area contributed by atoms with Crippen LogP contribution in [0.5, 0.6) is 0 Å². The van der Waals surface area contributed by atoms with Gasteiger partial charge in [-0.2, -0.15) is 0 Å². The minimum Gasteiger partial charge on any atom is -0.396 e. The molecule has 1 aliphatic heterocycles. The number of morpholine rings is 1. The number of unbranched alkanes of at least 4 members (excludes halogenated alkanes) is 2. The van der Waals surface area contributed by atoms with E-state index in [0.717, 1.165) is 42.9 Å². The van der Waals surface area contributed by atoms with Crippen molar-refractivity contribution in [2.75, 3.05) is 26.3 Å². The Morgan fingerprint density at radius 2 is 2.05 bits per heavy atom. The van der Waals surface area contributed by atoms with Crippen LogP contribution < -0.4 is 0 Å². The lowest BCUT2D eigenvalue weighted by molar-refractivity contribution is -0.101. The molecule has 0 radical (unpaired) electrons. The van der Waals surface area contributed by atoms with Crippen molar-refractivity contribution < 1.29 is 9.84 Å². The molecular formula is C17H26ClNO2. The Morgan fingerprint density at radius 3 is 2.76 bits per heavy atom. The van der Waals surface area contributed by atoms with Crippen molar-refractivity contribution in [3.8, 4) is 0 Å². The molecule has 0 amide bonds. The predicted octanol–water partition coefficient (Wildman–Crippen LogP) is 3.65. The van der Waals surface area contributed by atoms with Crippen LogP contribution in [0.15, 0.2) is 24.3 Å². The van der Waals surface area contributed by atoms with Crippen molar-refractivity contribution in [1.82, 2.24) is 4.90 Å². The van der Waals surface area contributed by atoms with Gasteiger partial charge in [-0.3, -0.25) is 4.90 Å². The molecule has 1 heterocycles. The van der Waals surface area contributed by atoms with Gasteiger partial charge in [0, 0.05) is 29.3 Å². The van der Waals surface area contributed by atoms with Gasteiger partial charge in [-0.15, -0.1) is 0 Å². The van der Waals surface area contributed by atoms with E-state index in [4.69, 9.17) is 21.4 Å². The van der Waals surface area contributed by atoms with Crippen LogP contribution in [0.25, 0.3) is 0 Å². The lowest BCUT2D eigenvalue weighted by Crippen LogP contribution is -2.54. The first-order chi connectivity index (χ1) is 10.0.